The molecular formula is C15H18F5NO2S. The van der Waals surface area contributed by atoms with Crippen LogP contribution in [0.5, 0.6) is 0 Å². The van der Waals surface area contributed by atoms with E-state index >= 15 is 0 Å². The van der Waals surface area contributed by atoms with E-state index in [1.54, 1.807) is 36.4 Å². The molecule has 0 aromatic heterocycles. The molecule has 0 fully saturated rings. The van der Waals surface area contributed by atoms with Crippen LogP contribution in [0.1, 0.15) is 11.1 Å². The maximum absolute atomic E-state index is 12.1. The molecule has 0 saturated heterocycles. The van der Waals surface area contributed by atoms with E-state index in [9.17, 15) is 12.8 Å². The van der Waals surface area contributed by atoms with E-state index in [4.69, 9.17) is 18.3 Å². The van der Waals surface area contributed by atoms with Crippen molar-refractivity contribution in [3.05, 3.63) is 59.7 Å². The maximum Gasteiger partial charge on any atom is 0.261 e. The van der Waals surface area contributed by atoms with Crippen LogP contribution in [0.3, 0.4) is 0 Å². The molecule has 2 aromatic carbocycles. The number of anilines is 1. The standard InChI is InChI=1S/C14H15NO2S.CH3F.2F2/c1-11-8-9-13(10-12(11)2)15-18(16,17)14-6-4-3-5-7-14;3*1-2/h3-10,15H,1-2H3;1H3;;. The van der Waals surface area contributed by atoms with Gasteiger partial charge < -0.3 is 0 Å². The highest BCUT2D eigenvalue weighted by atomic mass is 32.2. The smallest absolute Gasteiger partial charge is 0.261 e. The number of hydrogen-bond donors (Lipinski definition) is 1. The molecule has 0 radical (unpaired) electrons. The van der Waals surface area contributed by atoms with Crippen molar-refractivity contribution in [1.82, 2.24) is 0 Å². The third-order valence-electron chi connectivity index (χ3n) is 2.81. The molecule has 9 heteroatoms. The zero-order valence-corrected chi connectivity index (χ0v) is 14.0. The molecule has 1 N–H and O–H groups in total. The van der Waals surface area contributed by atoms with Crippen LogP contribution in [0.4, 0.5) is 28.4 Å². The predicted octanol–water partition coefficient (Wildman–Crippen LogP) is 5.37. The predicted molar refractivity (Wildman–Crippen MR) is 84.6 cm³/mol. The molecule has 0 unspecified atom stereocenters. The Morgan fingerprint density at radius 1 is 0.792 bits per heavy atom. The summed E-state index contributed by atoms with van der Waals surface area (Å²) < 4.78 is 68.2. The molecule has 0 heterocycles. The van der Waals surface area contributed by atoms with E-state index in [1.165, 1.54) is 0 Å². The van der Waals surface area contributed by atoms with Gasteiger partial charge in [0.1, 0.15) is 0 Å². The summed E-state index contributed by atoms with van der Waals surface area (Å²) in [5.41, 5.74) is 2.78. The summed E-state index contributed by atoms with van der Waals surface area (Å²) >= 11 is 0. The van der Waals surface area contributed by atoms with Crippen LogP contribution in [0, 0.1) is 13.8 Å². The molecule has 0 saturated carbocycles. The molecule has 0 aliphatic carbocycles. The Hall–Kier alpha value is -2.16. The van der Waals surface area contributed by atoms with Gasteiger partial charge in [0, 0.05) is 24.0 Å². The first kappa shape index (κ1) is 24.1. The van der Waals surface area contributed by atoms with Crippen molar-refractivity contribution < 1.29 is 31.1 Å². The number of halogens is 5. The number of nitrogens with one attached hydrogen (secondary N) is 1. The van der Waals surface area contributed by atoms with Gasteiger partial charge in [-0.3, -0.25) is 9.11 Å². The first-order valence-corrected chi connectivity index (χ1v) is 7.79. The van der Waals surface area contributed by atoms with Crippen molar-refractivity contribution in [2.24, 2.45) is 0 Å². The van der Waals surface area contributed by atoms with Crippen LogP contribution in [0.2, 0.25) is 0 Å². The van der Waals surface area contributed by atoms with E-state index in [0.29, 0.717) is 12.9 Å². The Balaban J connectivity index is 0. The van der Waals surface area contributed by atoms with Gasteiger partial charge in [0.05, 0.1) is 12.1 Å². The summed E-state index contributed by atoms with van der Waals surface area (Å²) in [7, 11) is -2.99. The Morgan fingerprint density at radius 3 is 1.75 bits per heavy atom. The van der Waals surface area contributed by atoms with Gasteiger partial charge >= 0.3 is 0 Å². The molecule has 2 rings (SSSR count). The molecule has 0 amide bonds. The van der Waals surface area contributed by atoms with E-state index in [1.807, 2.05) is 26.0 Å². The zero-order valence-electron chi connectivity index (χ0n) is 13.2. The molecule has 24 heavy (non-hydrogen) atoms. The monoisotopic (exact) mass is 371 g/mol. The highest BCUT2D eigenvalue weighted by Gasteiger charge is 2.13. The van der Waals surface area contributed by atoms with E-state index in [2.05, 4.69) is 4.72 Å². The van der Waals surface area contributed by atoms with Gasteiger partial charge in [-0.05, 0) is 49.2 Å². The second-order valence-electron chi connectivity index (χ2n) is 4.22. The molecule has 3 nitrogen and oxygen atoms in total. The van der Waals surface area contributed by atoms with Crippen molar-refractivity contribution in [3.63, 3.8) is 0 Å². The number of hydrogen-bond acceptors (Lipinski definition) is 2. The maximum atomic E-state index is 12.1. The molecule has 2 aromatic rings. The topological polar surface area (TPSA) is 46.2 Å². The summed E-state index contributed by atoms with van der Waals surface area (Å²) in [6.45, 7) is 3.94. The number of alkyl halides is 1. The van der Waals surface area contributed by atoms with E-state index in [0.717, 1.165) is 11.1 Å². The summed E-state index contributed by atoms with van der Waals surface area (Å²) in [5.74, 6) is 0. The average Bonchev–Trinajstić information content (AvgIpc) is 2.64. The Morgan fingerprint density at radius 2 is 1.29 bits per heavy atom. The van der Waals surface area contributed by atoms with Crippen LogP contribution >= 0.6 is 0 Å². The van der Waals surface area contributed by atoms with Gasteiger partial charge in [-0.25, -0.2) is 8.42 Å². The normalized spacial score (nSPS) is 9.17. The SMILES string of the molecule is CF.Cc1ccc(NS(=O)(=O)c2ccccc2)cc1C.FF.FF. The third-order valence-corrected chi connectivity index (χ3v) is 4.21. The third kappa shape index (κ3) is 7.91. The highest BCUT2D eigenvalue weighted by Crippen LogP contribution is 2.18. The molecule has 0 bridgehead atoms. The lowest BCUT2D eigenvalue weighted by atomic mass is 10.1. The van der Waals surface area contributed by atoms with Crippen molar-refractivity contribution >= 4 is 15.7 Å². The highest BCUT2D eigenvalue weighted by molar-refractivity contribution is 7.92. The van der Waals surface area contributed by atoms with Gasteiger partial charge in [-0.1, -0.05) is 24.3 Å². The fourth-order valence-corrected chi connectivity index (χ4v) is 2.69. The number of benzene rings is 2. The average molecular weight is 371 g/mol. The van der Waals surface area contributed by atoms with Crippen LogP contribution < -0.4 is 4.72 Å². The van der Waals surface area contributed by atoms with Gasteiger partial charge in [-0.15, -0.1) is 0 Å². The van der Waals surface area contributed by atoms with Crippen LogP contribution in [0.25, 0.3) is 0 Å². The first-order chi connectivity index (χ1) is 11.5. The molecule has 0 spiro atoms. The van der Waals surface area contributed by atoms with Crippen molar-refractivity contribution in [1.29, 1.82) is 0 Å². The van der Waals surface area contributed by atoms with Crippen molar-refractivity contribution in [3.8, 4) is 0 Å². The van der Waals surface area contributed by atoms with Crippen LogP contribution in [0.15, 0.2) is 53.4 Å². The minimum Gasteiger partial charge on any atom is -0.280 e. The fourth-order valence-electron chi connectivity index (χ4n) is 1.62. The van der Waals surface area contributed by atoms with Crippen molar-refractivity contribution in [2.75, 3.05) is 11.9 Å². The van der Waals surface area contributed by atoms with Gasteiger partial charge in [-0.2, -0.15) is 0 Å². The lowest BCUT2D eigenvalue weighted by Crippen LogP contribution is -2.12. The molecule has 136 valence electrons. The van der Waals surface area contributed by atoms with Gasteiger partial charge in [0.2, 0.25) is 0 Å². The lowest BCUT2D eigenvalue weighted by Gasteiger charge is -2.09. The Labute approximate surface area is 137 Å². The molecule has 0 aliphatic rings. The van der Waals surface area contributed by atoms with Gasteiger partial charge in [0.25, 0.3) is 10.0 Å². The minimum absolute atomic E-state index is 0.267. The largest absolute Gasteiger partial charge is 0.280 e. The summed E-state index contributed by atoms with van der Waals surface area (Å²) in [4.78, 5) is 0.267. The lowest BCUT2D eigenvalue weighted by molar-refractivity contribution is 0.108. The minimum atomic E-state index is -3.49. The zero-order chi connectivity index (χ0) is 19.2. The first-order valence-electron chi connectivity index (χ1n) is 6.30. The van der Waals surface area contributed by atoms with Crippen LogP contribution in [-0.2, 0) is 10.0 Å². The van der Waals surface area contributed by atoms with E-state index in [-0.39, 0.29) is 4.90 Å². The summed E-state index contributed by atoms with van der Waals surface area (Å²) in [6.07, 6.45) is 0. The quantitative estimate of drug-likeness (QED) is 0.737. The summed E-state index contributed by atoms with van der Waals surface area (Å²) in [6, 6.07) is 13.8. The van der Waals surface area contributed by atoms with Crippen LogP contribution in [-0.4, -0.2) is 15.6 Å². The number of rotatable bonds is 3. The molecule has 0 aliphatic heterocycles. The fraction of sp³-hybridized carbons (Fsp3) is 0.200. The molecule has 0 atom stereocenters. The Kier molecular flexibility index (Phi) is 13.3. The van der Waals surface area contributed by atoms with E-state index < -0.39 is 10.0 Å². The second kappa shape index (κ2) is 13.3. The van der Waals surface area contributed by atoms with Crippen molar-refractivity contribution in [2.45, 2.75) is 18.7 Å². The second-order valence-corrected chi connectivity index (χ2v) is 5.90. The molecular weight excluding hydrogens is 353 g/mol. The Bertz CT molecular complexity index is 667. The number of aryl methyl sites for hydroxylation is 2. The van der Waals surface area contributed by atoms with Gasteiger partial charge in [0.15, 0.2) is 0 Å². The summed E-state index contributed by atoms with van der Waals surface area (Å²) in [5, 5.41) is 0. The number of sulfonamides is 1.